The van der Waals surface area contributed by atoms with E-state index >= 15 is 0 Å². The summed E-state index contributed by atoms with van der Waals surface area (Å²) in [6.07, 6.45) is 2.12. The SMILES string of the molecule is CCCOC(=O)c1ccc(NC(=O)Cn2cnc3ccsc3c2=O)cc1. The van der Waals surface area contributed by atoms with E-state index in [1.54, 1.807) is 35.7 Å². The number of aromatic nitrogens is 2. The molecule has 3 aromatic rings. The molecule has 1 aromatic carbocycles. The molecule has 2 heterocycles. The Morgan fingerprint density at radius 1 is 1.23 bits per heavy atom. The molecule has 26 heavy (non-hydrogen) atoms. The third-order valence-corrected chi connectivity index (χ3v) is 4.48. The largest absolute Gasteiger partial charge is 0.462 e. The number of esters is 1. The maximum Gasteiger partial charge on any atom is 0.338 e. The standard InChI is InChI=1S/C18H17N3O4S/c1-2-8-25-18(24)12-3-5-13(6-4-12)20-15(22)10-21-11-19-14-7-9-26-16(14)17(21)23/h3-7,9,11H,2,8,10H2,1H3,(H,20,22). The Kier molecular flexibility index (Phi) is 5.43. The Morgan fingerprint density at radius 2 is 2.00 bits per heavy atom. The van der Waals surface area contributed by atoms with Crippen LogP contribution in [0.1, 0.15) is 23.7 Å². The number of hydrogen-bond acceptors (Lipinski definition) is 6. The number of nitrogens with zero attached hydrogens (tertiary/aromatic N) is 2. The summed E-state index contributed by atoms with van der Waals surface area (Å²) in [4.78, 5) is 40.4. The van der Waals surface area contributed by atoms with Crippen molar-refractivity contribution in [2.24, 2.45) is 0 Å². The normalized spacial score (nSPS) is 10.7. The van der Waals surface area contributed by atoms with Crippen molar-refractivity contribution in [3.8, 4) is 0 Å². The Hall–Kier alpha value is -3.00. The molecule has 0 aliphatic rings. The molecule has 0 fully saturated rings. The lowest BCUT2D eigenvalue weighted by atomic mass is 10.2. The number of anilines is 1. The zero-order valence-electron chi connectivity index (χ0n) is 14.1. The molecule has 1 amide bonds. The van der Waals surface area contributed by atoms with Crippen molar-refractivity contribution in [3.05, 3.63) is 58.0 Å². The minimum atomic E-state index is -0.397. The maximum atomic E-state index is 12.3. The number of hydrogen-bond donors (Lipinski definition) is 1. The number of benzene rings is 1. The fraction of sp³-hybridized carbons (Fsp3) is 0.222. The van der Waals surface area contributed by atoms with E-state index in [0.717, 1.165) is 6.42 Å². The van der Waals surface area contributed by atoms with Crippen molar-refractivity contribution >= 4 is 39.1 Å². The zero-order valence-corrected chi connectivity index (χ0v) is 14.9. The molecule has 0 aliphatic heterocycles. The van der Waals surface area contributed by atoms with Crippen molar-refractivity contribution in [1.82, 2.24) is 9.55 Å². The van der Waals surface area contributed by atoms with Crippen LogP contribution in [0, 0.1) is 0 Å². The highest BCUT2D eigenvalue weighted by Gasteiger charge is 2.10. The van der Waals surface area contributed by atoms with Gasteiger partial charge in [0, 0.05) is 5.69 Å². The van der Waals surface area contributed by atoms with Crippen molar-refractivity contribution in [2.75, 3.05) is 11.9 Å². The van der Waals surface area contributed by atoms with Crippen LogP contribution in [-0.2, 0) is 16.1 Å². The first-order valence-corrected chi connectivity index (χ1v) is 8.96. The summed E-state index contributed by atoms with van der Waals surface area (Å²) in [5.74, 6) is -0.752. The number of nitrogens with one attached hydrogen (secondary N) is 1. The predicted octanol–water partition coefficient (Wildman–Crippen LogP) is 2.66. The highest BCUT2D eigenvalue weighted by Crippen LogP contribution is 2.14. The summed E-state index contributed by atoms with van der Waals surface area (Å²) in [6.45, 7) is 2.15. The maximum absolute atomic E-state index is 12.3. The highest BCUT2D eigenvalue weighted by molar-refractivity contribution is 7.17. The monoisotopic (exact) mass is 371 g/mol. The molecule has 0 bridgehead atoms. The molecule has 0 unspecified atom stereocenters. The second-order valence-electron chi connectivity index (χ2n) is 5.57. The second-order valence-corrected chi connectivity index (χ2v) is 6.49. The number of thiophene rings is 1. The van der Waals surface area contributed by atoms with Crippen molar-refractivity contribution in [2.45, 2.75) is 19.9 Å². The summed E-state index contributed by atoms with van der Waals surface area (Å²) < 4.78 is 6.84. The van der Waals surface area contributed by atoms with Gasteiger partial charge >= 0.3 is 5.97 Å². The zero-order chi connectivity index (χ0) is 18.5. The molecule has 134 valence electrons. The minimum Gasteiger partial charge on any atom is -0.462 e. The number of fused-ring (bicyclic) bond motifs is 1. The van der Waals surface area contributed by atoms with Gasteiger partial charge in [-0.25, -0.2) is 9.78 Å². The average molecular weight is 371 g/mol. The van der Waals surface area contributed by atoms with Gasteiger partial charge in [-0.05, 0) is 42.1 Å². The van der Waals surface area contributed by atoms with Crippen LogP contribution in [0.15, 0.2) is 46.8 Å². The average Bonchev–Trinajstić information content (AvgIpc) is 3.12. The summed E-state index contributed by atoms with van der Waals surface area (Å²) >= 11 is 1.30. The second kappa shape index (κ2) is 7.92. The van der Waals surface area contributed by atoms with Gasteiger partial charge in [0.1, 0.15) is 11.2 Å². The van der Waals surface area contributed by atoms with E-state index in [-0.39, 0.29) is 18.0 Å². The van der Waals surface area contributed by atoms with E-state index in [2.05, 4.69) is 10.3 Å². The highest BCUT2D eigenvalue weighted by atomic mass is 32.1. The van der Waals surface area contributed by atoms with Gasteiger partial charge in [0.2, 0.25) is 5.91 Å². The van der Waals surface area contributed by atoms with E-state index in [4.69, 9.17) is 4.74 Å². The Morgan fingerprint density at radius 3 is 2.73 bits per heavy atom. The van der Waals surface area contributed by atoms with Gasteiger partial charge in [-0.15, -0.1) is 11.3 Å². The summed E-state index contributed by atoms with van der Waals surface area (Å²) in [5, 5.41) is 4.48. The molecule has 0 radical (unpaired) electrons. The molecule has 0 saturated carbocycles. The van der Waals surface area contributed by atoms with E-state index in [0.29, 0.717) is 28.1 Å². The van der Waals surface area contributed by atoms with E-state index in [1.807, 2.05) is 6.92 Å². The fourth-order valence-corrected chi connectivity index (χ4v) is 3.11. The number of amides is 1. The Labute approximate surface area is 153 Å². The van der Waals surface area contributed by atoms with E-state index < -0.39 is 5.97 Å². The fourth-order valence-electron chi connectivity index (χ4n) is 2.31. The summed E-state index contributed by atoms with van der Waals surface area (Å²) in [7, 11) is 0. The first-order chi connectivity index (χ1) is 12.6. The van der Waals surface area contributed by atoms with E-state index in [9.17, 15) is 14.4 Å². The van der Waals surface area contributed by atoms with Crippen LogP contribution >= 0.6 is 11.3 Å². The number of carbonyl (C=O) groups is 2. The molecular formula is C18H17N3O4S. The Balaban J connectivity index is 1.65. The van der Waals surface area contributed by atoms with Gasteiger partial charge in [0.05, 0.1) is 24.0 Å². The van der Waals surface area contributed by atoms with Crippen LogP contribution in [-0.4, -0.2) is 28.0 Å². The smallest absolute Gasteiger partial charge is 0.338 e. The third-order valence-electron chi connectivity index (χ3n) is 3.59. The molecule has 0 atom stereocenters. The molecule has 0 saturated heterocycles. The van der Waals surface area contributed by atoms with Crippen molar-refractivity contribution < 1.29 is 14.3 Å². The van der Waals surface area contributed by atoms with Gasteiger partial charge in [0.15, 0.2) is 0 Å². The van der Waals surface area contributed by atoms with Crippen LogP contribution < -0.4 is 10.9 Å². The molecule has 7 nitrogen and oxygen atoms in total. The first-order valence-electron chi connectivity index (χ1n) is 8.08. The number of rotatable bonds is 6. The van der Waals surface area contributed by atoms with Crippen LogP contribution in [0.3, 0.4) is 0 Å². The predicted molar refractivity (Wildman–Crippen MR) is 99.5 cm³/mol. The molecular weight excluding hydrogens is 354 g/mol. The van der Waals surface area contributed by atoms with Gasteiger partial charge in [-0.1, -0.05) is 6.92 Å². The van der Waals surface area contributed by atoms with Gasteiger partial charge in [-0.2, -0.15) is 0 Å². The lowest BCUT2D eigenvalue weighted by molar-refractivity contribution is -0.116. The minimum absolute atomic E-state index is 0.139. The van der Waals surface area contributed by atoms with Crippen LogP contribution in [0.25, 0.3) is 10.2 Å². The first kappa shape index (κ1) is 17.8. The molecule has 0 spiro atoms. The van der Waals surface area contributed by atoms with Crippen molar-refractivity contribution in [1.29, 1.82) is 0 Å². The molecule has 3 rings (SSSR count). The van der Waals surface area contributed by atoms with Crippen molar-refractivity contribution in [3.63, 3.8) is 0 Å². The van der Waals surface area contributed by atoms with Crippen LogP contribution in [0.5, 0.6) is 0 Å². The number of ether oxygens (including phenoxy) is 1. The lowest BCUT2D eigenvalue weighted by Gasteiger charge is -2.08. The summed E-state index contributed by atoms with van der Waals surface area (Å²) in [5.41, 5.74) is 1.33. The Bertz CT molecular complexity index is 992. The van der Waals surface area contributed by atoms with E-state index in [1.165, 1.54) is 22.2 Å². The summed E-state index contributed by atoms with van der Waals surface area (Å²) in [6, 6.07) is 8.16. The molecule has 1 N–H and O–H groups in total. The molecule has 8 heteroatoms. The van der Waals surface area contributed by atoms with Gasteiger partial charge in [0.25, 0.3) is 5.56 Å². The van der Waals surface area contributed by atoms with Crippen LogP contribution in [0.4, 0.5) is 5.69 Å². The number of carbonyl (C=O) groups excluding carboxylic acids is 2. The molecule has 0 aliphatic carbocycles. The third kappa shape index (κ3) is 3.97. The quantitative estimate of drug-likeness (QED) is 0.673. The van der Waals surface area contributed by atoms with Gasteiger partial charge < -0.3 is 10.1 Å². The molecule has 2 aromatic heterocycles. The van der Waals surface area contributed by atoms with Crippen LogP contribution in [0.2, 0.25) is 0 Å². The lowest BCUT2D eigenvalue weighted by Crippen LogP contribution is -2.27. The van der Waals surface area contributed by atoms with Gasteiger partial charge in [-0.3, -0.25) is 14.2 Å². The topological polar surface area (TPSA) is 90.3 Å².